The lowest BCUT2D eigenvalue weighted by atomic mass is 10.1. The van der Waals surface area contributed by atoms with Gasteiger partial charge in [-0.1, -0.05) is 36.4 Å². The number of hydrogen-bond donors (Lipinski definition) is 1. The Hall–Kier alpha value is -4.24. The summed E-state index contributed by atoms with van der Waals surface area (Å²) < 4.78 is 27.7. The van der Waals surface area contributed by atoms with E-state index in [0.29, 0.717) is 43.6 Å². The van der Waals surface area contributed by atoms with Crippen molar-refractivity contribution < 1.29 is 38.4 Å². The lowest BCUT2D eigenvalue weighted by Gasteiger charge is -2.22. The first-order valence-corrected chi connectivity index (χ1v) is 13.3. The summed E-state index contributed by atoms with van der Waals surface area (Å²) in [6.07, 6.45) is 0.380. The Morgan fingerprint density at radius 1 is 0.800 bits per heavy atom. The number of methoxy groups -OCH3 is 1. The van der Waals surface area contributed by atoms with Gasteiger partial charge in [0.05, 0.1) is 20.3 Å². The van der Waals surface area contributed by atoms with Gasteiger partial charge in [-0.15, -0.1) is 0 Å². The van der Waals surface area contributed by atoms with E-state index >= 15 is 0 Å². The van der Waals surface area contributed by atoms with Crippen molar-refractivity contribution in [3.8, 4) is 23.0 Å². The predicted molar refractivity (Wildman–Crippen MR) is 150 cm³/mol. The van der Waals surface area contributed by atoms with E-state index in [-0.39, 0.29) is 13.0 Å². The number of hydrogen-bond acceptors (Lipinski definition) is 7. The highest BCUT2D eigenvalue weighted by Crippen LogP contribution is 2.20. The van der Waals surface area contributed by atoms with Gasteiger partial charge in [0, 0.05) is 25.6 Å². The molecule has 0 heterocycles. The molecule has 0 fully saturated rings. The van der Waals surface area contributed by atoms with Gasteiger partial charge in [0.2, 0.25) is 0 Å². The quantitative estimate of drug-likeness (QED) is 0.221. The van der Waals surface area contributed by atoms with Gasteiger partial charge in [-0.2, -0.15) is 0 Å². The Morgan fingerprint density at radius 3 is 2.17 bits per heavy atom. The molecule has 0 saturated carbocycles. The van der Waals surface area contributed by atoms with Gasteiger partial charge in [-0.25, -0.2) is 9.59 Å². The number of benzene rings is 3. The molecule has 0 bridgehead atoms. The highest BCUT2D eigenvalue weighted by molar-refractivity contribution is 5.72. The second-order valence-electron chi connectivity index (χ2n) is 8.88. The summed E-state index contributed by atoms with van der Waals surface area (Å²) in [6, 6.07) is 23.7. The van der Waals surface area contributed by atoms with Crippen LogP contribution in [0.4, 0.5) is 4.79 Å². The summed E-state index contributed by atoms with van der Waals surface area (Å²) in [4.78, 5) is 26.0. The molecule has 0 aliphatic heterocycles. The summed E-state index contributed by atoms with van der Waals surface area (Å²) in [5.41, 5.74) is 0.828. The Bertz CT molecular complexity index is 1170. The number of amides is 1. The number of unbranched alkanes of at least 4 members (excludes halogenated alkanes) is 1. The van der Waals surface area contributed by atoms with Crippen molar-refractivity contribution in [2.24, 2.45) is 0 Å². The van der Waals surface area contributed by atoms with Gasteiger partial charge in [0.15, 0.2) is 6.10 Å². The SMILES string of the molecule is CCOC(Cc1ccc(OCCN(CCCCOc2ccccc2)C(=O)Oc2cccc(OC)c2)cc1)C(=O)O. The normalized spacial score (nSPS) is 11.3. The Morgan fingerprint density at radius 2 is 1.48 bits per heavy atom. The number of carboxylic acid groups (broad SMARTS) is 1. The first-order valence-electron chi connectivity index (χ1n) is 13.3. The standard InChI is InChI=1S/C31H37NO8/c1-3-37-29(30(33)34)22-24-14-16-26(17-15-24)39-21-19-32(18-7-8-20-38-25-10-5-4-6-11-25)31(35)40-28-13-9-12-27(23-28)36-2/h4-6,9-17,23,29H,3,7-8,18-22H2,1-2H3,(H,33,34). The van der Waals surface area contributed by atoms with Crippen LogP contribution in [0.5, 0.6) is 23.0 Å². The zero-order valence-corrected chi connectivity index (χ0v) is 23.0. The second kappa shape index (κ2) is 16.7. The summed E-state index contributed by atoms with van der Waals surface area (Å²) in [6.45, 7) is 3.67. The zero-order valence-electron chi connectivity index (χ0n) is 23.0. The first-order chi connectivity index (χ1) is 19.5. The molecule has 3 rings (SSSR count). The molecular formula is C31H37NO8. The van der Waals surface area contributed by atoms with E-state index in [4.69, 9.17) is 23.7 Å². The molecule has 9 nitrogen and oxygen atoms in total. The number of rotatable bonds is 17. The van der Waals surface area contributed by atoms with Gasteiger partial charge in [-0.05, 0) is 61.7 Å². The third-order valence-corrected chi connectivity index (χ3v) is 5.96. The van der Waals surface area contributed by atoms with Gasteiger partial charge >= 0.3 is 12.1 Å². The van der Waals surface area contributed by atoms with Crippen LogP contribution >= 0.6 is 0 Å². The van der Waals surface area contributed by atoms with Crippen LogP contribution in [0.1, 0.15) is 25.3 Å². The van der Waals surface area contributed by atoms with Crippen LogP contribution in [-0.4, -0.2) is 68.2 Å². The maximum atomic E-state index is 13.0. The van der Waals surface area contributed by atoms with Gasteiger partial charge < -0.3 is 33.7 Å². The van der Waals surface area contributed by atoms with Crippen LogP contribution in [0.25, 0.3) is 0 Å². The van der Waals surface area contributed by atoms with Crippen molar-refractivity contribution in [1.82, 2.24) is 4.90 Å². The fourth-order valence-electron chi connectivity index (χ4n) is 3.86. The van der Waals surface area contributed by atoms with E-state index in [0.717, 1.165) is 24.2 Å². The molecule has 1 unspecified atom stereocenters. The Labute approximate surface area is 235 Å². The van der Waals surface area contributed by atoms with E-state index in [1.807, 2.05) is 42.5 Å². The number of ether oxygens (including phenoxy) is 5. The summed E-state index contributed by atoms with van der Waals surface area (Å²) in [7, 11) is 1.55. The fraction of sp³-hybridized carbons (Fsp3) is 0.355. The molecule has 40 heavy (non-hydrogen) atoms. The largest absolute Gasteiger partial charge is 0.497 e. The number of carbonyl (C=O) groups excluding carboxylic acids is 1. The minimum Gasteiger partial charge on any atom is -0.497 e. The molecule has 1 amide bonds. The molecule has 0 spiro atoms. The van der Waals surface area contributed by atoms with Gasteiger partial charge in [0.1, 0.15) is 29.6 Å². The first kappa shape index (κ1) is 30.3. The Kier molecular flexibility index (Phi) is 12.6. The molecule has 3 aromatic rings. The van der Waals surface area contributed by atoms with Gasteiger partial charge in [0.25, 0.3) is 0 Å². The average Bonchev–Trinajstić information content (AvgIpc) is 2.97. The lowest BCUT2D eigenvalue weighted by Crippen LogP contribution is -2.37. The molecule has 9 heteroatoms. The zero-order chi connectivity index (χ0) is 28.6. The van der Waals surface area contributed by atoms with Crippen LogP contribution in [0.3, 0.4) is 0 Å². The molecule has 0 aliphatic rings. The highest BCUT2D eigenvalue weighted by atomic mass is 16.6. The number of carbonyl (C=O) groups is 2. The second-order valence-corrected chi connectivity index (χ2v) is 8.88. The number of aliphatic carboxylic acids is 1. The summed E-state index contributed by atoms with van der Waals surface area (Å²) >= 11 is 0. The maximum absolute atomic E-state index is 13.0. The molecule has 0 aliphatic carbocycles. The van der Waals surface area contributed by atoms with Crippen molar-refractivity contribution in [1.29, 1.82) is 0 Å². The molecular weight excluding hydrogens is 514 g/mol. The predicted octanol–water partition coefficient (Wildman–Crippen LogP) is 5.47. The van der Waals surface area contributed by atoms with Crippen LogP contribution in [0.15, 0.2) is 78.9 Å². The molecule has 214 valence electrons. The van der Waals surface area contributed by atoms with Crippen LogP contribution in [-0.2, 0) is 16.0 Å². The van der Waals surface area contributed by atoms with Crippen molar-refractivity contribution in [3.63, 3.8) is 0 Å². The summed E-state index contributed by atoms with van der Waals surface area (Å²) in [5, 5.41) is 9.29. The maximum Gasteiger partial charge on any atom is 0.415 e. The smallest absolute Gasteiger partial charge is 0.415 e. The number of carboxylic acids is 1. The third kappa shape index (κ3) is 10.5. The van der Waals surface area contributed by atoms with Crippen molar-refractivity contribution >= 4 is 12.1 Å². The van der Waals surface area contributed by atoms with Crippen LogP contribution in [0, 0.1) is 0 Å². The highest BCUT2D eigenvalue weighted by Gasteiger charge is 2.18. The molecule has 1 N–H and O–H groups in total. The van der Waals surface area contributed by atoms with Crippen LogP contribution < -0.4 is 18.9 Å². The van der Waals surface area contributed by atoms with E-state index in [1.54, 1.807) is 55.3 Å². The molecule has 0 aromatic heterocycles. The number of para-hydroxylation sites is 1. The van der Waals surface area contributed by atoms with E-state index < -0.39 is 18.2 Å². The Balaban J connectivity index is 1.52. The molecule has 3 aromatic carbocycles. The van der Waals surface area contributed by atoms with E-state index in [2.05, 4.69) is 0 Å². The summed E-state index contributed by atoms with van der Waals surface area (Å²) in [5.74, 6) is 1.43. The topological polar surface area (TPSA) is 104 Å². The minimum atomic E-state index is -0.991. The third-order valence-electron chi connectivity index (χ3n) is 5.96. The van der Waals surface area contributed by atoms with Crippen molar-refractivity contribution in [2.45, 2.75) is 32.3 Å². The molecule has 0 radical (unpaired) electrons. The van der Waals surface area contributed by atoms with E-state index in [1.165, 1.54) is 0 Å². The molecule has 1 atom stereocenters. The number of nitrogens with zero attached hydrogens (tertiary/aromatic N) is 1. The average molecular weight is 552 g/mol. The van der Waals surface area contributed by atoms with Crippen LogP contribution in [0.2, 0.25) is 0 Å². The van der Waals surface area contributed by atoms with Crippen molar-refractivity contribution in [3.05, 3.63) is 84.4 Å². The van der Waals surface area contributed by atoms with E-state index in [9.17, 15) is 14.7 Å². The molecule has 0 saturated heterocycles. The van der Waals surface area contributed by atoms with Crippen molar-refractivity contribution in [2.75, 3.05) is 40.0 Å². The van der Waals surface area contributed by atoms with Gasteiger partial charge in [-0.3, -0.25) is 0 Å². The lowest BCUT2D eigenvalue weighted by molar-refractivity contribution is -0.149. The fourth-order valence-corrected chi connectivity index (χ4v) is 3.86. The monoisotopic (exact) mass is 551 g/mol. The minimum absolute atomic E-state index is 0.254.